The molecule has 2 N–H and O–H groups in total. The molecular weight excluding hydrogens is 437 g/mol. The number of aromatic nitrogens is 4. The highest BCUT2D eigenvalue weighted by Crippen LogP contribution is 2.28. The number of anilines is 3. The molecule has 0 unspecified atom stereocenters. The molecule has 0 radical (unpaired) electrons. The molecule has 0 bridgehead atoms. The molecule has 10 heteroatoms. The number of H-pyrrole nitrogens is 1. The zero-order chi connectivity index (χ0) is 22.0. The molecule has 0 saturated carbocycles. The Morgan fingerprint density at radius 3 is 2.58 bits per heavy atom. The van der Waals surface area contributed by atoms with E-state index in [9.17, 15) is 4.79 Å². The number of aryl methyl sites for hydroxylation is 1. The lowest BCUT2D eigenvalue weighted by Gasteiger charge is -2.34. The Kier molecular flexibility index (Phi) is 6.41. The van der Waals surface area contributed by atoms with Gasteiger partial charge in [-0.05, 0) is 31.7 Å². The van der Waals surface area contributed by atoms with Crippen LogP contribution in [0.5, 0.6) is 0 Å². The van der Waals surface area contributed by atoms with E-state index in [4.69, 9.17) is 23.2 Å². The van der Waals surface area contributed by atoms with Gasteiger partial charge in [-0.25, -0.2) is 15.0 Å². The Morgan fingerprint density at radius 1 is 1.13 bits per heavy atom. The van der Waals surface area contributed by atoms with Crippen molar-refractivity contribution in [2.24, 2.45) is 0 Å². The molecule has 1 fully saturated rings. The van der Waals surface area contributed by atoms with Gasteiger partial charge in [-0.3, -0.25) is 9.78 Å². The predicted molar refractivity (Wildman–Crippen MR) is 125 cm³/mol. The van der Waals surface area contributed by atoms with Crippen molar-refractivity contribution in [2.45, 2.75) is 13.8 Å². The zero-order valence-electron chi connectivity index (χ0n) is 17.3. The smallest absolute Gasteiger partial charge is 0.252 e. The van der Waals surface area contributed by atoms with Crippen LogP contribution in [-0.4, -0.2) is 57.6 Å². The fourth-order valence-electron chi connectivity index (χ4n) is 3.50. The quantitative estimate of drug-likeness (QED) is 0.600. The van der Waals surface area contributed by atoms with Crippen LogP contribution in [0.2, 0.25) is 10.0 Å². The zero-order valence-corrected chi connectivity index (χ0v) is 18.8. The van der Waals surface area contributed by atoms with Crippen LogP contribution in [0.4, 0.5) is 17.6 Å². The summed E-state index contributed by atoms with van der Waals surface area (Å²) in [6.45, 7) is 8.91. The van der Waals surface area contributed by atoms with E-state index in [-0.39, 0.29) is 11.5 Å². The van der Waals surface area contributed by atoms with Crippen LogP contribution < -0.4 is 15.8 Å². The second kappa shape index (κ2) is 9.21. The molecule has 8 nitrogen and oxygen atoms in total. The average Bonchev–Trinajstić information content (AvgIpc) is 2.75. The third kappa shape index (κ3) is 4.98. The Balaban J connectivity index is 1.58. The fraction of sp³-hybridized carbons (Fsp3) is 0.333. The van der Waals surface area contributed by atoms with E-state index in [1.165, 1.54) is 6.07 Å². The van der Waals surface area contributed by atoms with Crippen LogP contribution in [0.1, 0.15) is 12.6 Å². The number of halogens is 2. The first-order valence-electron chi connectivity index (χ1n) is 10.1. The minimum Gasteiger partial charge on any atom is -0.338 e. The topological polar surface area (TPSA) is 90.0 Å². The van der Waals surface area contributed by atoms with Gasteiger partial charge in [0.1, 0.15) is 0 Å². The lowest BCUT2D eigenvalue weighted by Crippen LogP contribution is -2.46. The maximum Gasteiger partial charge on any atom is 0.252 e. The maximum absolute atomic E-state index is 12.3. The van der Waals surface area contributed by atoms with Crippen molar-refractivity contribution in [3.05, 3.63) is 56.6 Å². The molecule has 0 spiro atoms. The molecule has 0 atom stereocenters. The average molecular weight is 460 g/mol. The van der Waals surface area contributed by atoms with Gasteiger partial charge in [0.25, 0.3) is 5.56 Å². The molecule has 162 valence electrons. The van der Waals surface area contributed by atoms with Crippen LogP contribution >= 0.6 is 23.2 Å². The van der Waals surface area contributed by atoms with Crippen molar-refractivity contribution >= 4 is 40.8 Å². The molecule has 3 heterocycles. The third-order valence-corrected chi connectivity index (χ3v) is 5.82. The van der Waals surface area contributed by atoms with Crippen LogP contribution in [0.25, 0.3) is 11.3 Å². The number of hydrogen-bond acceptors (Lipinski definition) is 7. The summed E-state index contributed by atoms with van der Waals surface area (Å²) < 4.78 is 0. The highest BCUT2D eigenvalue weighted by atomic mass is 35.5. The number of likely N-dealkylation sites (N-methyl/N-ethyl adjacent to an activating group) is 1. The lowest BCUT2D eigenvalue weighted by molar-refractivity contribution is 0.270. The number of nitrogens with zero attached hydrogens (tertiary/aromatic N) is 5. The summed E-state index contributed by atoms with van der Waals surface area (Å²) in [6, 6.07) is 6.47. The summed E-state index contributed by atoms with van der Waals surface area (Å²) in [4.78, 5) is 33.3. The van der Waals surface area contributed by atoms with Crippen LogP contribution in [0.3, 0.4) is 0 Å². The van der Waals surface area contributed by atoms with E-state index < -0.39 is 0 Å². The summed E-state index contributed by atoms with van der Waals surface area (Å²) in [6.07, 6.45) is 1.73. The molecule has 0 aliphatic carbocycles. The predicted octanol–water partition coefficient (Wildman–Crippen LogP) is 3.73. The summed E-state index contributed by atoms with van der Waals surface area (Å²) in [7, 11) is 0. The van der Waals surface area contributed by atoms with Gasteiger partial charge < -0.3 is 15.1 Å². The molecule has 4 rings (SSSR count). The molecule has 31 heavy (non-hydrogen) atoms. The number of nitrogens with one attached hydrogen (secondary N) is 2. The highest BCUT2D eigenvalue weighted by molar-refractivity contribution is 6.36. The number of benzene rings is 1. The number of hydrogen-bond donors (Lipinski definition) is 2. The first-order valence-corrected chi connectivity index (χ1v) is 10.8. The van der Waals surface area contributed by atoms with Gasteiger partial charge in [0, 0.05) is 49.0 Å². The van der Waals surface area contributed by atoms with E-state index in [1.54, 1.807) is 24.4 Å². The molecule has 0 amide bonds. The molecule has 3 aromatic rings. The Labute approximate surface area is 190 Å². The van der Waals surface area contributed by atoms with Gasteiger partial charge in [-0.15, -0.1) is 0 Å². The molecule has 1 aliphatic rings. The van der Waals surface area contributed by atoms with Gasteiger partial charge >= 0.3 is 0 Å². The summed E-state index contributed by atoms with van der Waals surface area (Å²) >= 11 is 12.2. The van der Waals surface area contributed by atoms with E-state index in [0.29, 0.717) is 32.9 Å². The first kappa shape index (κ1) is 21.5. The lowest BCUT2D eigenvalue weighted by atomic mass is 10.2. The second-order valence-corrected chi connectivity index (χ2v) is 8.16. The van der Waals surface area contributed by atoms with Crippen molar-refractivity contribution in [2.75, 3.05) is 42.9 Å². The van der Waals surface area contributed by atoms with E-state index >= 15 is 0 Å². The van der Waals surface area contributed by atoms with E-state index in [1.807, 2.05) is 6.92 Å². The van der Waals surface area contributed by atoms with E-state index in [2.05, 4.69) is 42.0 Å². The normalized spacial score (nSPS) is 14.6. The number of rotatable bonds is 5. The molecular formula is C21H23Cl2N7O. The third-order valence-electron chi connectivity index (χ3n) is 5.27. The Morgan fingerprint density at radius 2 is 1.90 bits per heavy atom. The summed E-state index contributed by atoms with van der Waals surface area (Å²) in [5.74, 6) is 0.971. The van der Waals surface area contributed by atoms with Gasteiger partial charge in [-0.2, -0.15) is 0 Å². The number of piperazine rings is 1. The Bertz CT molecular complexity index is 1140. The largest absolute Gasteiger partial charge is 0.338 e. The van der Waals surface area contributed by atoms with Crippen molar-refractivity contribution in [1.29, 1.82) is 0 Å². The molecule has 2 aromatic heterocycles. The molecule has 1 saturated heterocycles. The van der Waals surface area contributed by atoms with Gasteiger partial charge in [0.15, 0.2) is 0 Å². The fourth-order valence-corrected chi connectivity index (χ4v) is 3.95. The Hall–Kier alpha value is -2.68. The minimum atomic E-state index is -0.295. The van der Waals surface area contributed by atoms with Crippen LogP contribution in [0.15, 0.2) is 35.3 Å². The SMILES string of the molecule is CCN1CCN(c2ncc(-c3cc(=O)[nH]c(Nc4ccc(Cl)cc4Cl)n3)c(C)n2)CC1. The van der Waals surface area contributed by atoms with E-state index in [0.717, 1.165) is 38.4 Å². The minimum absolute atomic E-state index is 0.269. The van der Waals surface area contributed by atoms with Crippen molar-refractivity contribution in [1.82, 2.24) is 24.8 Å². The monoisotopic (exact) mass is 459 g/mol. The molecule has 1 aliphatic heterocycles. The summed E-state index contributed by atoms with van der Waals surface area (Å²) in [5.41, 5.74) is 2.23. The van der Waals surface area contributed by atoms with Crippen molar-refractivity contribution < 1.29 is 0 Å². The van der Waals surface area contributed by atoms with Gasteiger partial charge in [0.05, 0.1) is 22.1 Å². The standard InChI is InChI=1S/C21H23Cl2N7O/c1-3-29-6-8-30(9-7-29)21-24-12-15(13(2)25-21)18-11-19(31)28-20(27-18)26-17-5-4-14(22)10-16(17)23/h4-5,10-12H,3,6-9H2,1-2H3,(H2,26,27,28,31). The van der Waals surface area contributed by atoms with Crippen molar-refractivity contribution in [3.8, 4) is 11.3 Å². The highest BCUT2D eigenvalue weighted by Gasteiger charge is 2.19. The second-order valence-electron chi connectivity index (χ2n) is 7.32. The molecule has 1 aromatic carbocycles. The van der Waals surface area contributed by atoms with Crippen LogP contribution in [0, 0.1) is 6.92 Å². The maximum atomic E-state index is 12.3. The number of aromatic amines is 1. The summed E-state index contributed by atoms with van der Waals surface area (Å²) in [5, 5.41) is 3.98. The first-order chi connectivity index (χ1) is 14.9. The van der Waals surface area contributed by atoms with Crippen LogP contribution in [-0.2, 0) is 0 Å². The van der Waals surface area contributed by atoms with Crippen molar-refractivity contribution in [3.63, 3.8) is 0 Å². The van der Waals surface area contributed by atoms with Gasteiger partial charge in [-0.1, -0.05) is 30.1 Å². The van der Waals surface area contributed by atoms with Gasteiger partial charge in [0.2, 0.25) is 11.9 Å².